The molecule has 2 heteroatoms. The van der Waals surface area contributed by atoms with Gasteiger partial charge in [-0.2, -0.15) is 0 Å². The van der Waals surface area contributed by atoms with Gasteiger partial charge in [-0.3, -0.25) is 0 Å². The van der Waals surface area contributed by atoms with Crippen LogP contribution in [0.15, 0.2) is 102 Å². The van der Waals surface area contributed by atoms with Crippen molar-refractivity contribution in [3.63, 3.8) is 0 Å². The highest BCUT2D eigenvalue weighted by atomic mass is 79.9. The number of benzene rings is 4. The molecule has 0 aliphatic rings. The van der Waals surface area contributed by atoms with Crippen LogP contribution in [0.5, 0.6) is 0 Å². The maximum atomic E-state index is 3.49. The summed E-state index contributed by atoms with van der Waals surface area (Å²) in [7, 11) is 0. The zero-order valence-corrected chi connectivity index (χ0v) is 19.5. The number of rotatable bonds is 6. The third-order valence-corrected chi connectivity index (χ3v) is 5.96. The Morgan fingerprint density at radius 2 is 1.26 bits per heavy atom. The summed E-state index contributed by atoms with van der Waals surface area (Å²) in [6.07, 6.45) is 5.30. The standard InChI is InChI=1S/C29H26BrN/c1-3-25-9-7-8-22(2)29(25)31(27-10-5-4-6-11-27)28-20-16-24(17-21-28)13-12-23-14-18-26(30)19-15-23/h4-21H,3H2,1-2H3/b13-12+. The maximum absolute atomic E-state index is 3.49. The summed E-state index contributed by atoms with van der Waals surface area (Å²) < 4.78 is 1.10. The minimum absolute atomic E-state index is 0.994. The van der Waals surface area contributed by atoms with Crippen molar-refractivity contribution in [2.45, 2.75) is 20.3 Å². The van der Waals surface area contributed by atoms with Gasteiger partial charge in [0.1, 0.15) is 0 Å². The predicted molar refractivity (Wildman–Crippen MR) is 138 cm³/mol. The van der Waals surface area contributed by atoms with E-state index in [1.165, 1.54) is 33.6 Å². The molecule has 0 radical (unpaired) electrons. The first-order chi connectivity index (χ1) is 15.2. The molecule has 0 spiro atoms. The molecule has 1 nitrogen and oxygen atoms in total. The lowest BCUT2D eigenvalue weighted by Crippen LogP contribution is -2.13. The molecule has 0 fully saturated rings. The van der Waals surface area contributed by atoms with Crippen LogP contribution in [-0.2, 0) is 6.42 Å². The number of anilines is 3. The molecule has 31 heavy (non-hydrogen) atoms. The van der Waals surface area contributed by atoms with Gasteiger partial charge in [0.15, 0.2) is 0 Å². The van der Waals surface area contributed by atoms with E-state index in [0.29, 0.717) is 0 Å². The Kier molecular flexibility index (Phi) is 6.69. The Morgan fingerprint density at radius 1 is 0.677 bits per heavy atom. The van der Waals surface area contributed by atoms with Crippen molar-refractivity contribution < 1.29 is 0 Å². The third kappa shape index (κ3) is 4.98. The van der Waals surface area contributed by atoms with Gasteiger partial charge < -0.3 is 4.90 Å². The summed E-state index contributed by atoms with van der Waals surface area (Å²) in [6.45, 7) is 4.41. The van der Waals surface area contributed by atoms with Gasteiger partial charge in [0.2, 0.25) is 0 Å². The Morgan fingerprint density at radius 3 is 1.87 bits per heavy atom. The molecule has 0 amide bonds. The van der Waals surface area contributed by atoms with E-state index in [4.69, 9.17) is 0 Å². The van der Waals surface area contributed by atoms with E-state index < -0.39 is 0 Å². The predicted octanol–water partition coefficient (Wildman–Crippen LogP) is 8.96. The number of hydrogen-bond acceptors (Lipinski definition) is 1. The largest absolute Gasteiger partial charge is 0.310 e. The minimum Gasteiger partial charge on any atom is -0.310 e. The summed E-state index contributed by atoms with van der Waals surface area (Å²) in [6, 6.07) is 34.3. The summed E-state index contributed by atoms with van der Waals surface area (Å²) in [5.74, 6) is 0. The molecule has 0 aliphatic carbocycles. The van der Waals surface area contributed by atoms with Crippen molar-refractivity contribution in [1.29, 1.82) is 0 Å². The van der Waals surface area contributed by atoms with Gasteiger partial charge in [-0.05, 0) is 72.0 Å². The summed E-state index contributed by atoms with van der Waals surface area (Å²) in [4.78, 5) is 2.37. The van der Waals surface area contributed by atoms with E-state index in [1.807, 2.05) is 0 Å². The van der Waals surface area contributed by atoms with Crippen LogP contribution >= 0.6 is 15.9 Å². The van der Waals surface area contributed by atoms with Gasteiger partial charge in [-0.15, -0.1) is 0 Å². The molecule has 4 rings (SSSR count). The lowest BCUT2D eigenvalue weighted by atomic mass is 10.0. The molecule has 0 bridgehead atoms. The fourth-order valence-electron chi connectivity index (χ4n) is 3.81. The van der Waals surface area contributed by atoms with Crippen LogP contribution in [-0.4, -0.2) is 0 Å². The topological polar surface area (TPSA) is 3.24 Å². The fraction of sp³-hybridized carbons (Fsp3) is 0.103. The van der Waals surface area contributed by atoms with E-state index in [0.717, 1.165) is 16.6 Å². The van der Waals surface area contributed by atoms with Crippen molar-refractivity contribution in [1.82, 2.24) is 0 Å². The number of para-hydroxylation sites is 2. The SMILES string of the molecule is CCc1cccc(C)c1N(c1ccccc1)c1ccc(/C=C/c2ccc(Br)cc2)cc1. The van der Waals surface area contributed by atoms with E-state index in [9.17, 15) is 0 Å². The van der Waals surface area contributed by atoms with Gasteiger partial charge in [0.05, 0.1) is 5.69 Å². The van der Waals surface area contributed by atoms with Crippen molar-refractivity contribution >= 4 is 45.1 Å². The van der Waals surface area contributed by atoms with Crippen LogP contribution in [0.2, 0.25) is 0 Å². The van der Waals surface area contributed by atoms with E-state index in [2.05, 4.69) is 144 Å². The highest BCUT2D eigenvalue weighted by Crippen LogP contribution is 2.39. The maximum Gasteiger partial charge on any atom is 0.0522 e. The lowest BCUT2D eigenvalue weighted by Gasteiger charge is -2.29. The van der Waals surface area contributed by atoms with E-state index in [-0.39, 0.29) is 0 Å². The average molecular weight is 468 g/mol. The highest BCUT2D eigenvalue weighted by Gasteiger charge is 2.17. The summed E-state index contributed by atoms with van der Waals surface area (Å²) in [5.41, 5.74) is 8.60. The van der Waals surface area contributed by atoms with Crippen LogP contribution in [0.4, 0.5) is 17.1 Å². The number of nitrogens with zero attached hydrogens (tertiary/aromatic N) is 1. The van der Waals surface area contributed by atoms with Crippen molar-refractivity contribution in [3.8, 4) is 0 Å². The van der Waals surface area contributed by atoms with E-state index >= 15 is 0 Å². The highest BCUT2D eigenvalue weighted by molar-refractivity contribution is 9.10. The first-order valence-corrected chi connectivity index (χ1v) is 11.4. The van der Waals surface area contributed by atoms with Gasteiger partial charge in [0.25, 0.3) is 0 Å². The molecule has 4 aromatic carbocycles. The van der Waals surface area contributed by atoms with Crippen molar-refractivity contribution in [2.24, 2.45) is 0 Å². The molecule has 0 unspecified atom stereocenters. The van der Waals surface area contributed by atoms with Crippen LogP contribution in [0.3, 0.4) is 0 Å². The van der Waals surface area contributed by atoms with Gasteiger partial charge in [-0.25, -0.2) is 0 Å². The normalized spacial score (nSPS) is 11.1. The molecule has 0 saturated carbocycles. The van der Waals surface area contributed by atoms with Crippen molar-refractivity contribution in [2.75, 3.05) is 4.90 Å². The van der Waals surface area contributed by atoms with Gasteiger partial charge >= 0.3 is 0 Å². The van der Waals surface area contributed by atoms with Crippen LogP contribution in [0, 0.1) is 6.92 Å². The smallest absolute Gasteiger partial charge is 0.0522 e. The molecule has 0 heterocycles. The second kappa shape index (κ2) is 9.80. The Labute approximate surface area is 193 Å². The molecule has 0 N–H and O–H groups in total. The zero-order valence-electron chi connectivity index (χ0n) is 17.9. The molecule has 0 aliphatic heterocycles. The Hall–Kier alpha value is -3.10. The Balaban J connectivity index is 1.71. The molecular formula is C29H26BrN. The summed E-state index contributed by atoms with van der Waals surface area (Å²) in [5, 5.41) is 0. The second-order valence-electron chi connectivity index (χ2n) is 7.58. The molecular weight excluding hydrogens is 442 g/mol. The van der Waals surface area contributed by atoms with Crippen LogP contribution in [0.1, 0.15) is 29.2 Å². The first kappa shape index (κ1) is 21.1. The monoisotopic (exact) mass is 467 g/mol. The quantitative estimate of drug-likeness (QED) is 0.255. The first-order valence-electron chi connectivity index (χ1n) is 10.6. The molecule has 154 valence electrons. The minimum atomic E-state index is 0.994. The molecule has 0 aromatic heterocycles. The van der Waals surface area contributed by atoms with Crippen molar-refractivity contribution in [3.05, 3.63) is 124 Å². The molecule has 4 aromatic rings. The lowest BCUT2D eigenvalue weighted by molar-refractivity contribution is 1.10. The zero-order chi connectivity index (χ0) is 21.6. The molecule has 0 saturated heterocycles. The van der Waals surface area contributed by atoms with Gasteiger partial charge in [-0.1, -0.05) is 95.7 Å². The Bertz CT molecular complexity index is 1160. The molecule has 0 atom stereocenters. The van der Waals surface area contributed by atoms with Crippen LogP contribution < -0.4 is 4.90 Å². The summed E-state index contributed by atoms with van der Waals surface area (Å²) >= 11 is 3.49. The third-order valence-electron chi connectivity index (χ3n) is 5.43. The average Bonchev–Trinajstić information content (AvgIpc) is 2.81. The number of hydrogen-bond donors (Lipinski definition) is 0. The van der Waals surface area contributed by atoms with E-state index in [1.54, 1.807) is 0 Å². The fourth-order valence-corrected chi connectivity index (χ4v) is 4.07. The van der Waals surface area contributed by atoms with Gasteiger partial charge in [0, 0.05) is 15.8 Å². The number of halogens is 1. The van der Waals surface area contributed by atoms with Crippen LogP contribution in [0.25, 0.3) is 12.2 Å². The number of aryl methyl sites for hydroxylation is 2. The second-order valence-corrected chi connectivity index (χ2v) is 8.50.